The van der Waals surface area contributed by atoms with E-state index in [9.17, 15) is 0 Å². The van der Waals surface area contributed by atoms with Crippen LogP contribution < -0.4 is 5.73 Å². The molecule has 0 radical (unpaired) electrons. The van der Waals surface area contributed by atoms with Crippen LogP contribution in [0.1, 0.15) is 5.76 Å². The van der Waals surface area contributed by atoms with Gasteiger partial charge in [0.05, 0.1) is 12.8 Å². The first-order valence-electron chi connectivity index (χ1n) is 4.42. The zero-order valence-electron chi connectivity index (χ0n) is 7.78. The van der Waals surface area contributed by atoms with Crippen molar-refractivity contribution in [2.45, 2.75) is 6.54 Å². The molecule has 0 aliphatic carbocycles. The Labute approximate surface area is 78.8 Å². The van der Waals surface area contributed by atoms with Gasteiger partial charge >= 0.3 is 0 Å². The maximum atomic E-state index is 5.48. The SMILES string of the molecule is C=CCN(CCN)Cc1ccco1. The van der Waals surface area contributed by atoms with Gasteiger partial charge in [0.15, 0.2) is 0 Å². The summed E-state index contributed by atoms with van der Waals surface area (Å²) in [7, 11) is 0. The molecule has 2 N–H and O–H groups in total. The van der Waals surface area contributed by atoms with Crippen molar-refractivity contribution in [3.05, 3.63) is 36.8 Å². The van der Waals surface area contributed by atoms with Gasteiger partial charge in [-0.3, -0.25) is 4.90 Å². The Kier molecular flexibility index (Phi) is 4.29. The van der Waals surface area contributed by atoms with Crippen LogP contribution in [0.4, 0.5) is 0 Å². The molecule has 0 spiro atoms. The second-order valence-corrected chi connectivity index (χ2v) is 2.89. The largest absolute Gasteiger partial charge is 0.468 e. The minimum absolute atomic E-state index is 0.661. The fraction of sp³-hybridized carbons (Fsp3) is 0.400. The summed E-state index contributed by atoms with van der Waals surface area (Å²) in [6, 6.07) is 3.86. The lowest BCUT2D eigenvalue weighted by molar-refractivity contribution is 0.275. The molecule has 72 valence electrons. The maximum Gasteiger partial charge on any atom is 0.117 e. The predicted molar refractivity (Wildman–Crippen MR) is 53.2 cm³/mol. The minimum Gasteiger partial charge on any atom is -0.468 e. The zero-order valence-corrected chi connectivity index (χ0v) is 7.78. The molecule has 0 aliphatic rings. The van der Waals surface area contributed by atoms with Crippen molar-refractivity contribution in [2.75, 3.05) is 19.6 Å². The van der Waals surface area contributed by atoms with E-state index >= 15 is 0 Å². The van der Waals surface area contributed by atoms with Crippen LogP contribution in [0.15, 0.2) is 35.5 Å². The van der Waals surface area contributed by atoms with Gasteiger partial charge in [0.1, 0.15) is 5.76 Å². The van der Waals surface area contributed by atoms with E-state index in [0.29, 0.717) is 6.54 Å². The smallest absolute Gasteiger partial charge is 0.117 e. The van der Waals surface area contributed by atoms with Crippen LogP contribution in [0.3, 0.4) is 0 Å². The third-order valence-electron chi connectivity index (χ3n) is 1.79. The summed E-state index contributed by atoms with van der Waals surface area (Å²) >= 11 is 0. The number of rotatable bonds is 6. The van der Waals surface area contributed by atoms with Crippen LogP contribution in [-0.2, 0) is 6.54 Å². The van der Waals surface area contributed by atoms with Gasteiger partial charge in [-0.25, -0.2) is 0 Å². The first-order valence-corrected chi connectivity index (χ1v) is 4.42. The highest BCUT2D eigenvalue weighted by molar-refractivity contribution is 4.98. The molecule has 3 heteroatoms. The minimum atomic E-state index is 0.661. The van der Waals surface area contributed by atoms with Gasteiger partial charge in [0, 0.05) is 19.6 Å². The Bertz CT molecular complexity index is 231. The van der Waals surface area contributed by atoms with Crippen LogP contribution in [0.25, 0.3) is 0 Å². The Hall–Kier alpha value is -1.06. The van der Waals surface area contributed by atoms with Crippen LogP contribution in [-0.4, -0.2) is 24.5 Å². The first-order chi connectivity index (χ1) is 6.36. The maximum absolute atomic E-state index is 5.48. The van der Waals surface area contributed by atoms with E-state index in [-0.39, 0.29) is 0 Å². The lowest BCUT2D eigenvalue weighted by Crippen LogP contribution is -2.29. The Morgan fingerprint density at radius 1 is 1.62 bits per heavy atom. The van der Waals surface area contributed by atoms with E-state index in [4.69, 9.17) is 10.2 Å². The van der Waals surface area contributed by atoms with Gasteiger partial charge in [0.25, 0.3) is 0 Å². The van der Waals surface area contributed by atoms with Crippen molar-refractivity contribution in [1.82, 2.24) is 4.90 Å². The van der Waals surface area contributed by atoms with Crippen molar-refractivity contribution < 1.29 is 4.42 Å². The van der Waals surface area contributed by atoms with Crippen LogP contribution in [0, 0.1) is 0 Å². The zero-order chi connectivity index (χ0) is 9.52. The van der Waals surface area contributed by atoms with Crippen molar-refractivity contribution in [2.24, 2.45) is 5.73 Å². The molecule has 0 saturated carbocycles. The Morgan fingerprint density at radius 2 is 2.46 bits per heavy atom. The first kappa shape index (κ1) is 10.0. The van der Waals surface area contributed by atoms with Gasteiger partial charge in [-0.05, 0) is 12.1 Å². The van der Waals surface area contributed by atoms with Crippen LogP contribution >= 0.6 is 0 Å². The number of hydrogen-bond acceptors (Lipinski definition) is 3. The molecule has 1 aromatic rings. The topological polar surface area (TPSA) is 42.4 Å². The third-order valence-corrected chi connectivity index (χ3v) is 1.79. The molecular weight excluding hydrogens is 164 g/mol. The Morgan fingerprint density at radius 3 is 3.00 bits per heavy atom. The standard InChI is InChI=1S/C10H16N2O/c1-2-6-12(7-5-11)9-10-4-3-8-13-10/h2-4,8H,1,5-7,9,11H2. The average molecular weight is 180 g/mol. The van der Waals surface area contributed by atoms with E-state index < -0.39 is 0 Å². The van der Waals surface area contributed by atoms with Gasteiger partial charge in [-0.2, -0.15) is 0 Å². The monoisotopic (exact) mass is 180 g/mol. The van der Waals surface area contributed by atoms with E-state index in [0.717, 1.165) is 25.4 Å². The third kappa shape index (κ3) is 3.44. The van der Waals surface area contributed by atoms with Crippen LogP contribution in [0.5, 0.6) is 0 Å². The summed E-state index contributed by atoms with van der Waals surface area (Å²) < 4.78 is 5.24. The van der Waals surface area contributed by atoms with Crippen molar-refractivity contribution in [3.8, 4) is 0 Å². The van der Waals surface area contributed by atoms with E-state index in [1.807, 2.05) is 18.2 Å². The number of hydrogen-bond donors (Lipinski definition) is 1. The lowest BCUT2D eigenvalue weighted by atomic mass is 10.3. The molecule has 0 fully saturated rings. The van der Waals surface area contributed by atoms with Crippen molar-refractivity contribution >= 4 is 0 Å². The summed E-state index contributed by atoms with van der Waals surface area (Å²) in [5.41, 5.74) is 5.48. The molecule has 0 saturated heterocycles. The fourth-order valence-corrected chi connectivity index (χ4v) is 1.22. The van der Waals surface area contributed by atoms with E-state index in [1.165, 1.54) is 0 Å². The highest BCUT2D eigenvalue weighted by atomic mass is 16.3. The van der Waals surface area contributed by atoms with Crippen LogP contribution in [0.2, 0.25) is 0 Å². The number of nitrogens with two attached hydrogens (primary N) is 1. The highest BCUT2D eigenvalue weighted by Gasteiger charge is 2.04. The lowest BCUT2D eigenvalue weighted by Gasteiger charge is -2.17. The molecule has 1 heterocycles. The molecule has 0 aromatic carbocycles. The average Bonchev–Trinajstić information content (AvgIpc) is 2.58. The summed E-state index contributed by atoms with van der Waals surface area (Å²) in [6.07, 6.45) is 3.56. The number of nitrogens with zero attached hydrogens (tertiary/aromatic N) is 1. The molecule has 0 unspecified atom stereocenters. The van der Waals surface area contributed by atoms with Crippen molar-refractivity contribution in [3.63, 3.8) is 0 Å². The second-order valence-electron chi connectivity index (χ2n) is 2.89. The van der Waals surface area contributed by atoms with Gasteiger partial charge < -0.3 is 10.2 Å². The summed E-state index contributed by atoms with van der Waals surface area (Å²) in [6.45, 7) is 6.87. The van der Waals surface area contributed by atoms with Gasteiger partial charge in [0.2, 0.25) is 0 Å². The summed E-state index contributed by atoms with van der Waals surface area (Å²) in [5, 5.41) is 0. The van der Waals surface area contributed by atoms with Gasteiger partial charge in [-0.15, -0.1) is 6.58 Å². The molecule has 0 amide bonds. The van der Waals surface area contributed by atoms with Gasteiger partial charge in [-0.1, -0.05) is 6.08 Å². The quantitative estimate of drug-likeness (QED) is 0.669. The second kappa shape index (κ2) is 5.56. The molecule has 0 aliphatic heterocycles. The number of furan rings is 1. The van der Waals surface area contributed by atoms with Crippen molar-refractivity contribution in [1.29, 1.82) is 0 Å². The highest BCUT2D eigenvalue weighted by Crippen LogP contribution is 2.04. The predicted octanol–water partition coefficient (Wildman–Crippen LogP) is 1.23. The summed E-state index contributed by atoms with van der Waals surface area (Å²) in [5.74, 6) is 0.968. The fourth-order valence-electron chi connectivity index (χ4n) is 1.22. The van der Waals surface area contributed by atoms with E-state index in [2.05, 4.69) is 11.5 Å². The summed E-state index contributed by atoms with van der Waals surface area (Å²) in [4.78, 5) is 2.19. The molecule has 13 heavy (non-hydrogen) atoms. The molecule has 3 nitrogen and oxygen atoms in total. The van der Waals surface area contributed by atoms with E-state index in [1.54, 1.807) is 6.26 Å². The molecular formula is C10H16N2O. The normalized spacial score (nSPS) is 10.6. The molecule has 1 rings (SSSR count). The molecule has 0 atom stereocenters. The Balaban J connectivity index is 2.42. The molecule has 0 bridgehead atoms. The molecule has 1 aromatic heterocycles.